The van der Waals surface area contributed by atoms with Gasteiger partial charge >= 0.3 is 0 Å². The van der Waals surface area contributed by atoms with Crippen LogP contribution >= 0.6 is 27.3 Å². The Kier molecular flexibility index (Phi) is 6.68. The van der Waals surface area contributed by atoms with Crippen LogP contribution in [0.4, 0.5) is 0 Å². The fraction of sp³-hybridized carbons (Fsp3) is 0.545. The van der Waals surface area contributed by atoms with E-state index in [-0.39, 0.29) is 5.91 Å². The lowest BCUT2D eigenvalue weighted by atomic mass is 10.3. The molecule has 0 radical (unpaired) electrons. The highest BCUT2D eigenvalue weighted by molar-refractivity contribution is 9.10. The lowest BCUT2D eigenvalue weighted by molar-refractivity contribution is -0.120. The van der Waals surface area contributed by atoms with Gasteiger partial charge in [0.1, 0.15) is 0 Å². The number of rotatable bonds is 7. The molecule has 3 nitrogen and oxygen atoms in total. The van der Waals surface area contributed by atoms with Crippen molar-refractivity contribution in [1.29, 1.82) is 0 Å². The summed E-state index contributed by atoms with van der Waals surface area (Å²) in [6.45, 7) is 4.03. The molecule has 0 bridgehead atoms. The molecule has 0 aliphatic carbocycles. The molecule has 1 aromatic heterocycles. The van der Waals surface area contributed by atoms with E-state index in [9.17, 15) is 4.79 Å². The van der Waals surface area contributed by atoms with Crippen LogP contribution in [0.25, 0.3) is 0 Å². The van der Waals surface area contributed by atoms with Crippen LogP contribution in [0.1, 0.15) is 24.6 Å². The van der Waals surface area contributed by atoms with Crippen LogP contribution in [0.3, 0.4) is 0 Å². The molecule has 0 fully saturated rings. The predicted octanol–water partition coefficient (Wildman–Crippen LogP) is 2.52. The highest BCUT2D eigenvalue weighted by atomic mass is 79.9. The quantitative estimate of drug-likeness (QED) is 0.760. The van der Waals surface area contributed by atoms with E-state index >= 15 is 0 Å². The van der Waals surface area contributed by atoms with Crippen LogP contribution in [0.5, 0.6) is 0 Å². The molecule has 1 heterocycles. The van der Waals surface area contributed by atoms with Gasteiger partial charge in [-0.3, -0.25) is 4.79 Å². The molecule has 1 amide bonds. The summed E-state index contributed by atoms with van der Waals surface area (Å²) in [6, 6.07) is 2.06. The number of unbranched alkanes of at least 4 members (excludes halogenated alkanes) is 1. The highest BCUT2D eigenvalue weighted by Crippen LogP contribution is 2.19. The smallest absolute Gasteiger partial charge is 0.233 e. The maximum absolute atomic E-state index is 11.3. The van der Waals surface area contributed by atoms with E-state index in [0.717, 1.165) is 30.4 Å². The van der Waals surface area contributed by atoms with Gasteiger partial charge in [0, 0.05) is 27.8 Å². The number of nitrogens with one attached hydrogen (secondary N) is 2. The van der Waals surface area contributed by atoms with E-state index < -0.39 is 0 Å². The molecule has 90 valence electrons. The van der Waals surface area contributed by atoms with E-state index in [1.807, 2.05) is 5.38 Å². The summed E-state index contributed by atoms with van der Waals surface area (Å²) in [7, 11) is 0. The Morgan fingerprint density at radius 2 is 2.38 bits per heavy atom. The van der Waals surface area contributed by atoms with Gasteiger partial charge in [0.25, 0.3) is 0 Å². The average Bonchev–Trinajstić information content (AvgIpc) is 2.65. The average molecular weight is 305 g/mol. The van der Waals surface area contributed by atoms with Gasteiger partial charge in [0.15, 0.2) is 0 Å². The Labute approximate surface area is 109 Å². The molecule has 1 aromatic rings. The van der Waals surface area contributed by atoms with Gasteiger partial charge in [-0.15, -0.1) is 11.3 Å². The summed E-state index contributed by atoms with van der Waals surface area (Å²) >= 11 is 5.08. The summed E-state index contributed by atoms with van der Waals surface area (Å²) in [6.07, 6.45) is 2.15. The topological polar surface area (TPSA) is 41.1 Å². The number of amides is 1. The molecule has 16 heavy (non-hydrogen) atoms. The first-order valence-corrected chi connectivity index (χ1v) is 7.10. The number of hydrogen-bond acceptors (Lipinski definition) is 3. The van der Waals surface area contributed by atoms with Crippen LogP contribution in [0.2, 0.25) is 0 Å². The third-order valence-electron chi connectivity index (χ3n) is 2.06. The Balaban J connectivity index is 2.08. The zero-order valence-corrected chi connectivity index (χ0v) is 11.8. The first kappa shape index (κ1) is 13.7. The molecule has 1 rings (SSSR count). The molecule has 0 aliphatic heterocycles. The van der Waals surface area contributed by atoms with Gasteiger partial charge in [-0.25, -0.2) is 0 Å². The fourth-order valence-electron chi connectivity index (χ4n) is 1.21. The van der Waals surface area contributed by atoms with E-state index in [0.29, 0.717) is 6.54 Å². The third-order valence-corrected chi connectivity index (χ3v) is 3.76. The second-order valence-corrected chi connectivity index (χ2v) is 5.45. The van der Waals surface area contributed by atoms with Crippen molar-refractivity contribution >= 4 is 33.2 Å². The van der Waals surface area contributed by atoms with Crippen molar-refractivity contribution in [3.05, 3.63) is 20.8 Å². The van der Waals surface area contributed by atoms with Crippen molar-refractivity contribution in [2.75, 3.05) is 13.1 Å². The van der Waals surface area contributed by atoms with Gasteiger partial charge in [-0.05, 0) is 28.4 Å². The third kappa shape index (κ3) is 5.63. The summed E-state index contributed by atoms with van der Waals surface area (Å²) in [5.41, 5.74) is 0. The van der Waals surface area contributed by atoms with Crippen molar-refractivity contribution in [2.45, 2.75) is 26.3 Å². The normalized spacial score (nSPS) is 10.4. The molecule has 5 heteroatoms. The maximum atomic E-state index is 11.3. The SMILES string of the molecule is CCCCNC(=O)CNCc1cc(Br)cs1. The van der Waals surface area contributed by atoms with Crippen molar-refractivity contribution in [3.63, 3.8) is 0 Å². The molecule has 0 atom stereocenters. The Bertz CT molecular complexity index is 328. The van der Waals surface area contributed by atoms with Crippen LogP contribution < -0.4 is 10.6 Å². The summed E-state index contributed by atoms with van der Waals surface area (Å²) in [4.78, 5) is 12.6. The van der Waals surface area contributed by atoms with Crippen LogP contribution in [0, 0.1) is 0 Å². The van der Waals surface area contributed by atoms with Gasteiger partial charge < -0.3 is 10.6 Å². The first-order valence-electron chi connectivity index (χ1n) is 5.42. The van der Waals surface area contributed by atoms with Crippen molar-refractivity contribution in [3.8, 4) is 0 Å². The number of carbonyl (C=O) groups excluding carboxylic acids is 1. The molecule has 0 aromatic carbocycles. The summed E-state index contributed by atoms with van der Waals surface area (Å²) < 4.78 is 1.10. The molecule has 0 aliphatic rings. The number of thiophene rings is 1. The van der Waals surface area contributed by atoms with Crippen molar-refractivity contribution < 1.29 is 4.79 Å². The Morgan fingerprint density at radius 3 is 3.00 bits per heavy atom. The number of hydrogen-bond donors (Lipinski definition) is 2. The minimum atomic E-state index is 0.0732. The molecule has 0 unspecified atom stereocenters. The molecular weight excluding hydrogens is 288 g/mol. The van der Waals surface area contributed by atoms with Gasteiger partial charge in [0.05, 0.1) is 6.54 Å². The molecule has 0 saturated carbocycles. The zero-order chi connectivity index (χ0) is 11.8. The monoisotopic (exact) mass is 304 g/mol. The lowest BCUT2D eigenvalue weighted by Gasteiger charge is -2.04. The zero-order valence-electron chi connectivity index (χ0n) is 9.38. The Morgan fingerprint density at radius 1 is 1.56 bits per heavy atom. The summed E-state index contributed by atoms with van der Waals surface area (Å²) in [5, 5.41) is 8.03. The lowest BCUT2D eigenvalue weighted by Crippen LogP contribution is -2.33. The number of carbonyl (C=O) groups is 1. The molecule has 0 saturated heterocycles. The molecule has 2 N–H and O–H groups in total. The second-order valence-electron chi connectivity index (χ2n) is 3.54. The van der Waals surface area contributed by atoms with Crippen LogP contribution in [-0.2, 0) is 11.3 Å². The predicted molar refractivity (Wildman–Crippen MR) is 71.6 cm³/mol. The van der Waals surface area contributed by atoms with Gasteiger partial charge in [-0.2, -0.15) is 0 Å². The largest absolute Gasteiger partial charge is 0.355 e. The van der Waals surface area contributed by atoms with Crippen LogP contribution in [-0.4, -0.2) is 19.0 Å². The standard InChI is InChI=1S/C11H17BrN2OS/c1-2-3-4-14-11(15)7-13-6-10-5-9(12)8-16-10/h5,8,13H,2-4,6-7H2,1H3,(H,14,15). The van der Waals surface area contributed by atoms with Crippen molar-refractivity contribution in [1.82, 2.24) is 10.6 Å². The first-order chi connectivity index (χ1) is 7.72. The van der Waals surface area contributed by atoms with E-state index in [1.165, 1.54) is 4.88 Å². The second kappa shape index (κ2) is 7.81. The maximum Gasteiger partial charge on any atom is 0.233 e. The number of halogens is 1. The summed E-state index contributed by atoms with van der Waals surface area (Å²) in [5.74, 6) is 0.0732. The minimum absolute atomic E-state index is 0.0732. The van der Waals surface area contributed by atoms with Gasteiger partial charge in [-0.1, -0.05) is 13.3 Å². The highest BCUT2D eigenvalue weighted by Gasteiger charge is 2.01. The van der Waals surface area contributed by atoms with E-state index in [2.05, 4.69) is 39.6 Å². The minimum Gasteiger partial charge on any atom is -0.355 e. The molecule has 0 spiro atoms. The van der Waals surface area contributed by atoms with Gasteiger partial charge in [0.2, 0.25) is 5.91 Å². The molecular formula is C11H17BrN2OS. The van der Waals surface area contributed by atoms with Crippen molar-refractivity contribution in [2.24, 2.45) is 0 Å². The van der Waals surface area contributed by atoms with Crippen LogP contribution in [0.15, 0.2) is 15.9 Å². The van der Waals surface area contributed by atoms with E-state index in [1.54, 1.807) is 11.3 Å². The fourth-order valence-corrected chi connectivity index (χ4v) is 2.63. The Hall–Kier alpha value is -0.390. The van der Waals surface area contributed by atoms with E-state index in [4.69, 9.17) is 0 Å².